The first kappa shape index (κ1) is 14.9. The average Bonchev–Trinajstić information content (AvgIpc) is 2.06. The number of hydrogen-bond donors (Lipinski definition) is 2. The van der Waals surface area contributed by atoms with Crippen molar-refractivity contribution < 1.29 is 47.6 Å². The summed E-state index contributed by atoms with van der Waals surface area (Å²) in [6, 6.07) is 6.23. The van der Waals surface area contributed by atoms with Gasteiger partial charge in [0.15, 0.2) is 10.3 Å². The maximum Gasteiger partial charge on any atom is 1.00 e. The molecule has 0 aromatic heterocycles. The van der Waals surface area contributed by atoms with Gasteiger partial charge in [0.05, 0.1) is 0 Å². The van der Waals surface area contributed by atoms with Crippen LogP contribution in [0.1, 0.15) is 5.56 Å². The fourth-order valence-electron chi connectivity index (χ4n) is 1.01. The van der Waals surface area contributed by atoms with E-state index >= 15 is 0 Å². The van der Waals surface area contributed by atoms with Crippen LogP contribution in [0.5, 0.6) is 0 Å². The number of rotatable bonds is 4. The Morgan fingerprint density at radius 2 is 1.80 bits per heavy atom. The van der Waals surface area contributed by atoms with E-state index in [-0.39, 0.29) is 41.9 Å². The Hall–Kier alpha value is -0.110. The molecule has 0 bridgehead atoms. The number of benzene rings is 1. The topological polar surface area (TPSA) is 89.5 Å². The van der Waals surface area contributed by atoms with Crippen LogP contribution in [0.25, 0.3) is 0 Å². The second-order valence-electron chi connectivity index (χ2n) is 2.73. The van der Waals surface area contributed by atoms with Crippen LogP contribution in [0.2, 0.25) is 0 Å². The van der Waals surface area contributed by atoms with Crippen LogP contribution in [0, 0.1) is 0 Å². The van der Waals surface area contributed by atoms with E-state index in [4.69, 9.17) is 5.11 Å². The monoisotopic (exact) mass is 239 g/mol. The van der Waals surface area contributed by atoms with Gasteiger partial charge in [-0.2, -0.15) is 0 Å². The van der Waals surface area contributed by atoms with E-state index < -0.39 is 10.3 Å². The molecule has 0 spiro atoms. The third kappa shape index (κ3) is 6.14. The number of aliphatic hydroxyl groups is 1. The smallest absolute Gasteiger partial charge is 0.731 e. The average molecular weight is 239 g/mol. The van der Waals surface area contributed by atoms with Crippen LogP contribution in [-0.4, -0.2) is 24.7 Å². The van der Waals surface area contributed by atoms with E-state index in [0.29, 0.717) is 6.42 Å². The maximum absolute atomic E-state index is 10.3. The van der Waals surface area contributed by atoms with E-state index in [1.165, 1.54) is 12.1 Å². The zero-order valence-corrected chi connectivity index (χ0v) is 11.1. The van der Waals surface area contributed by atoms with Gasteiger partial charge in [-0.3, -0.25) is 4.72 Å². The van der Waals surface area contributed by atoms with Gasteiger partial charge >= 0.3 is 29.6 Å². The molecule has 0 aliphatic rings. The van der Waals surface area contributed by atoms with Crippen LogP contribution in [0.15, 0.2) is 24.3 Å². The Kier molecular flexibility index (Phi) is 6.42. The van der Waals surface area contributed by atoms with Crippen LogP contribution in [-0.2, 0) is 16.7 Å². The number of anilines is 1. The Balaban J connectivity index is 0.00000196. The van der Waals surface area contributed by atoms with Gasteiger partial charge < -0.3 is 9.66 Å². The molecule has 0 aliphatic carbocycles. The minimum atomic E-state index is -4.45. The van der Waals surface area contributed by atoms with Gasteiger partial charge in [-0.1, -0.05) is 12.1 Å². The van der Waals surface area contributed by atoms with Crippen molar-refractivity contribution in [2.45, 2.75) is 6.42 Å². The Labute approximate surface area is 111 Å². The largest absolute Gasteiger partial charge is 1.00 e. The Morgan fingerprint density at radius 3 is 2.20 bits per heavy atom. The van der Waals surface area contributed by atoms with Gasteiger partial charge in [0.2, 0.25) is 0 Å². The zero-order valence-electron chi connectivity index (χ0n) is 8.30. The molecule has 0 heterocycles. The predicted molar refractivity (Wildman–Crippen MR) is 50.6 cm³/mol. The molecular formula is C8H10NNaO4S. The minimum Gasteiger partial charge on any atom is -0.731 e. The third-order valence-electron chi connectivity index (χ3n) is 1.60. The van der Waals surface area contributed by atoms with E-state index in [0.717, 1.165) is 5.56 Å². The molecular weight excluding hydrogens is 229 g/mol. The molecule has 0 amide bonds. The van der Waals surface area contributed by atoms with Crippen molar-refractivity contribution in [3.05, 3.63) is 29.8 Å². The molecule has 1 aromatic rings. The van der Waals surface area contributed by atoms with Crippen LogP contribution in [0.3, 0.4) is 0 Å². The zero-order chi connectivity index (χ0) is 10.6. The molecule has 0 unspecified atom stereocenters. The molecule has 0 saturated carbocycles. The molecule has 0 radical (unpaired) electrons. The molecule has 0 atom stereocenters. The van der Waals surface area contributed by atoms with E-state index in [1.54, 1.807) is 16.9 Å². The van der Waals surface area contributed by atoms with Crippen LogP contribution in [0.4, 0.5) is 5.69 Å². The standard InChI is InChI=1S/C8H11NO4S.Na/c10-6-5-7-1-3-8(4-2-7)9-14(11,12)13;/h1-4,9-10H,5-6H2,(H,11,12,13);/q;+1/p-1. The van der Waals surface area contributed by atoms with Crippen molar-refractivity contribution in [3.8, 4) is 0 Å². The van der Waals surface area contributed by atoms with Gasteiger partial charge in [-0.25, -0.2) is 8.42 Å². The first-order valence-electron chi connectivity index (χ1n) is 3.95. The van der Waals surface area contributed by atoms with Gasteiger partial charge in [-0.05, 0) is 24.1 Å². The van der Waals surface area contributed by atoms with Gasteiger partial charge in [0.25, 0.3) is 0 Å². The van der Waals surface area contributed by atoms with Gasteiger partial charge in [0.1, 0.15) is 0 Å². The fourth-order valence-corrected chi connectivity index (χ4v) is 1.44. The number of nitrogens with one attached hydrogen (secondary N) is 1. The summed E-state index contributed by atoms with van der Waals surface area (Å²) in [5, 5.41) is 8.61. The first-order valence-corrected chi connectivity index (χ1v) is 5.35. The second-order valence-corrected chi connectivity index (χ2v) is 3.84. The van der Waals surface area contributed by atoms with Gasteiger partial charge in [-0.15, -0.1) is 0 Å². The van der Waals surface area contributed by atoms with Crippen molar-refractivity contribution in [2.24, 2.45) is 0 Å². The molecule has 0 fully saturated rings. The van der Waals surface area contributed by atoms with Crippen LogP contribution < -0.4 is 34.3 Å². The SMILES string of the molecule is O=S(=O)([O-])Nc1ccc(CCO)cc1.[Na+]. The number of hydrogen-bond acceptors (Lipinski definition) is 4. The molecule has 1 aromatic carbocycles. The van der Waals surface area contributed by atoms with Crippen molar-refractivity contribution >= 4 is 16.0 Å². The summed E-state index contributed by atoms with van der Waals surface area (Å²) in [5.41, 5.74) is 1.10. The van der Waals surface area contributed by atoms with Crippen molar-refractivity contribution in [2.75, 3.05) is 11.3 Å². The maximum atomic E-state index is 10.3. The summed E-state index contributed by atoms with van der Waals surface area (Å²) in [7, 11) is -4.45. The molecule has 1 rings (SSSR count). The fraction of sp³-hybridized carbons (Fsp3) is 0.250. The second kappa shape index (κ2) is 6.47. The Bertz CT molecular complexity index is 390. The summed E-state index contributed by atoms with van der Waals surface area (Å²) in [5.74, 6) is 0. The first-order chi connectivity index (χ1) is 6.51. The summed E-state index contributed by atoms with van der Waals surface area (Å²) >= 11 is 0. The van der Waals surface area contributed by atoms with Crippen molar-refractivity contribution in [1.29, 1.82) is 0 Å². The predicted octanol–water partition coefficient (Wildman–Crippen LogP) is -2.90. The number of aliphatic hydroxyl groups excluding tert-OH is 1. The van der Waals surface area contributed by atoms with E-state index in [9.17, 15) is 13.0 Å². The molecule has 0 saturated heterocycles. The summed E-state index contributed by atoms with van der Waals surface area (Å²) in [6.07, 6.45) is 0.504. The molecule has 5 nitrogen and oxygen atoms in total. The minimum absolute atomic E-state index is 0. The summed E-state index contributed by atoms with van der Waals surface area (Å²) in [6.45, 7) is 0.0344. The molecule has 0 aliphatic heterocycles. The molecule has 2 N–H and O–H groups in total. The van der Waals surface area contributed by atoms with Crippen molar-refractivity contribution in [3.63, 3.8) is 0 Å². The molecule has 78 valence electrons. The normalized spacial score (nSPS) is 10.5. The quantitative estimate of drug-likeness (QED) is 0.435. The molecule has 7 heteroatoms. The third-order valence-corrected chi connectivity index (χ3v) is 2.08. The molecule has 15 heavy (non-hydrogen) atoms. The van der Waals surface area contributed by atoms with E-state index in [1.807, 2.05) is 0 Å². The van der Waals surface area contributed by atoms with Gasteiger partial charge in [0, 0.05) is 12.3 Å². The van der Waals surface area contributed by atoms with E-state index in [2.05, 4.69) is 0 Å². The van der Waals surface area contributed by atoms with Crippen molar-refractivity contribution in [1.82, 2.24) is 0 Å². The Morgan fingerprint density at radius 1 is 1.27 bits per heavy atom. The summed E-state index contributed by atoms with van der Waals surface area (Å²) < 4.78 is 32.7. The van der Waals surface area contributed by atoms with Crippen LogP contribution >= 0.6 is 0 Å². The summed E-state index contributed by atoms with van der Waals surface area (Å²) in [4.78, 5) is 0.